The third-order valence-electron chi connectivity index (χ3n) is 8.22. The smallest absolute Gasteiger partial charge is 0.410 e. The Hall–Kier alpha value is -4.14. The van der Waals surface area contributed by atoms with Gasteiger partial charge in [0.25, 0.3) is 5.91 Å². The summed E-state index contributed by atoms with van der Waals surface area (Å²) >= 11 is 0. The molecule has 5 rings (SSSR count). The van der Waals surface area contributed by atoms with Gasteiger partial charge in [-0.2, -0.15) is 0 Å². The number of aliphatic hydroxyl groups excluding tert-OH is 1. The molecule has 0 fully saturated rings. The zero-order chi connectivity index (χ0) is 30.0. The fourth-order valence-electron chi connectivity index (χ4n) is 5.66. The highest BCUT2D eigenvalue weighted by Crippen LogP contribution is 2.38. The summed E-state index contributed by atoms with van der Waals surface area (Å²) in [5.74, 6) is 0.155. The molecule has 2 amide bonds. The van der Waals surface area contributed by atoms with Gasteiger partial charge in [0.05, 0.1) is 31.9 Å². The van der Waals surface area contributed by atoms with Gasteiger partial charge < -0.3 is 28.9 Å². The molecule has 0 aliphatic carbocycles. The Morgan fingerprint density at radius 2 is 1.79 bits per heavy atom. The van der Waals surface area contributed by atoms with Crippen LogP contribution in [0.3, 0.4) is 0 Å². The standard InChI is InChI=1S/C34H39N3O5/c1-22-14-16-26(17-15-22)42-34(40)35(4)19-30-23(2)18-37(24(3)20-38)33(39)32-31(27-11-7-6-10-25(27)21-41-30)28-12-8-9-13-29(28)36(32)5/h6-17,23-24,30,38H,18-21H2,1-5H3/t23-,24-,30-/m0/s1. The molecule has 1 aromatic heterocycles. The molecule has 1 aliphatic rings. The lowest BCUT2D eigenvalue weighted by molar-refractivity contribution is -0.0206. The van der Waals surface area contributed by atoms with E-state index in [1.807, 2.05) is 93.0 Å². The topological polar surface area (TPSA) is 84.2 Å². The Kier molecular flexibility index (Phi) is 8.66. The number of carbonyl (C=O) groups excluding carboxylic acids is 2. The van der Waals surface area contributed by atoms with Gasteiger partial charge in [-0.3, -0.25) is 4.79 Å². The zero-order valence-electron chi connectivity index (χ0n) is 24.9. The highest BCUT2D eigenvalue weighted by atomic mass is 16.6. The second-order valence-electron chi connectivity index (χ2n) is 11.3. The monoisotopic (exact) mass is 569 g/mol. The molecule has 3 aromatic carbocycles. The molecule has 2 heterocycles. The molecule has 0 radical (unpaired) electrons. The van der Waals surface area contributed by atoms with E-state index in [2.05, 4.69) is 0 Å². The van der Waals surface area contributed by atoms with Gasteiger partial charge in [-0.1, -0.05) is 67.1 Å². The summed E-state index contributed by atoms with van der Waals surface area (Å²) < 4.78 is 14.1. The number of fused-ring (bicyclic) bond motifs is 5. The first kappa shape index (κ1) is 29.4. The molecule has 1 aliphatic heterocycles. The summed E-state index contributed by atoms with van der Waals surface area (Å²) in [6.45, 7) is 6.56. The van der Waals surface area contributed by atoms with E-state index >= 15 is 0 Å². The molecule has 220 valence electrons. The number of nitrogens with zero attached hydrogens (tertiary/aromatic N) is 3. The lowest BCUT2D eigenvalue weighted by atomic mass is 9.96. The number of rotatable bonds is 5. The summed E-state index contributed by atoms with van der Waals surface area (Å²) in [5.41, 5.74) is 5.35. The number of likely N-dealkylation sites (N-methyl/N-ethyl adjacent to an activating group) is 1. The van der Waals surface area contributed by atoms with Crippen LogP contribution in [0, 0.1) is 12.8 Å². The van der Waals surface area contributed by atoms with Gasteiger partial charge in [-0.25, -0.2) is 4.79 Å². The molecule has 8 nitrogen and oxygen atoms in total. The number of ether oxygens (including phenoxy) is 2. The summed E-state index contributed by atoms with van der Waals surface area (Å²) in [6.07, 6.45) is -0.896. The summed E-state index contributed by atoms with van der Waals surface area (Å²) in [7, 11) is 3.60. The van der Waals surface area contributed by atoms with Gasteiger partial charge in [-0.15, -0.1) is 0 Å². The van der Waals surface area contributed by atoms with Crippen molar-refractivity contribution in [1.29, 1.82) is 0 Å². The number of aliphatic hydroxyl groups is 1. The first-order valence-electron chi connectivity index (χ1n) is 14.4. The van der Waals surface area contributed by atoms with Crippen molar-refractivity contribution in [2.24, 2.45) is 13.0 Å². The van der Waals surface area contributed by atoms with Gasteiger partial charge in [0.2, 0.25) is 0 Å². The molecule has 0 bridgehead atoms. The van der Waals surface area contributed by atoms with Crippen molar-refractivity contribution in [3.63, 3.8) is 0 Å². The molecule has 42 heavy (non-hydrogen) atoms. The maximum atomic E-state index is 14.4. The third kappa shape index (κ3) is 5.78. The summed E-state index contributed by atoms with van der Waals surface area (Å²) in [6, 6.07) is 22.9. The first-order valence-corrected chi connectivity index (χ1v) is 14.4. The molecule has 3 atom stereocenters. The molecule has 0 saturated heterocycles. The molecular formula is C34H39N3O5. The first-order chi connectivity index (χ1) is 20.2. The van der Waals surface area contributed by atoms with Crippen molar-refractivity contribution in [1.82, 2.24) is 14.4 Å². The van der Waals surface area contributed by atoms with Crippen LogP contribution < -0.4 is 4.74 Å². The van der Waals surface area contributed by atoms with E-state index in [0.717, 1.165) is 33.2 Å². The predicted molar refractivity (Wildman–Crippen MR) is 164 cm³/mol. The molecule has 0 unspecified atom stereocenters. The Bertz CT molecular complexity index is 1580. The van der Waals surface area contributed by atoms with Gasteiger partial charge in [0.1, 0.15) is 11.4 Å². The quantitative estimate of drug-likeness (QED) is 0.336. The summed E-state index contributed by atoms with van der Waals surface area (Å²) in [4.78, 5) is 30.7. The van der Waals surface area contributed by atoms with Gasteiger partial charge in [-0.05, 0) is 43.2 Å². The fraction of sp³-hybridized carbons (Fsp3) is 0.353. The van der Waals surface area contributed by atoms with Gasteiger partial charge in [0, 0.05) is 43.0 Å². The van der Waals surface area contributed by atoms with E-state index in [-0.39, 0.29) is 25.0 Å². The molecule has 1 N–H and O–H groups in total. The Balaban J connectivity index is 1.53. The largest absolute Gasteiger partial charge is 0.415 e. The van der Waals surface area contributed by atoms with E-state index in [9.17, 15) is 14.7 Å². The van der Waals surface area contributed by atoms with Gasteiger partial charge in [0.15, 0.2) is 0 Å². The highest BCUT2D eigenvalue weighted by Gasteiger charge is 2.34. The van der Waals surface area contributed by atoms with Crippen LogP contribution in [-0.2, 0) is 18.4 Å². The fourth-order valence-corrected chi connectivity index (χ4v) is 5.66. The van der Waals surface area contributed by atoms with Crippen LogP contribution in [0.15, 0.2) is 72.8 Å². The Morgan fingerprint density at radius 1 is 1.10 bits per heavy atom. The lowest BCUT2D eigenvalue weighted by Gasteiger charge is -2.34. The number of benzene rings is 3. The number of hydrogen-bond acceptors (Lipinski definition) is 5. The molecule has 0 saturated carbocycles. The number of hydrogen-bond donors (Lipinski definition) is 1. The average molecular weight is 570 g/mol. The second-order valence-corrected chi connectivity index (χ2v) is 11.3. The van der Waals surface area contributed by atoms with Crippen LogP contribution in [0.5, 0.6) is 5.75 Å². The second kappa shape index (κ2) is 12.4. The van der Waals surface area contributed by atoms with E-state index in [4.69, 9.17) is 9.47 Å². The molecule has 0 spiro atoms. The maximum Gasteiger partial charge on any atom is 0.415 e. The minimum Gasteiger partial charge on any atom is -0.410 e. The number of aromatic nitrogens is 1. The lowest BCUT2D eigenvalue weighted by Crippen LogP contribution is -2.48. The molecular weight excluding hydrogens is 530 g/mol. The average Bonchev–Trinajstić information content (AvgIpc) is 3.29. The minimum absolute atomic E-state index is 0.153. The van der Waals surface area contributed by atoms with E-state index in [1.165, 1.54) is 4.90 Å². The SMILES string of the molecule is Cc1ccc(OC(=O)N(C)C[C@@H]2OCc3ccccc3-c3c(n(C)c4ccccc34)C(=O)N([C@@H](C)CO)C[C@@H]2C)cc1. The molecule has 4 aromatic rings. The van der Waals surface area contributed by atoms with Crippen molar-refractivity contribution in [3.8, 4) is 16.9 Å². The summed E-state index contributed by atoms with van der Waals surface area (Å²) in [5, 5.41) is 11.2. The van der Waals surface area contributed by atoms with Crippen molar-refractivity contribution >= 4 is 22.9 Å². The Labute approximate surface area is 247 Å². The highest BCUT2D eigenvalue weighted by molar-refractivity contribution is 6.10. The Morgan fingerprint density at radius 3 is 2.52 bits per heavy atom. The minimum atomic E-state index is -0.486. The van der Waals surface area contributed by atoms with Crippen LogP contribution in [0.4, 0.5) is 4.79 Å². The van der Waals surface area contributed by atoms with Crippen LogP contribution in [0.2, 0.25) is 0 Å². The van der Waals surface area contributed by atoms with E-state index in [0.29, 0.717) is 24.6 Å². The predicted octanol–water partition coefficient (Wildman–Crippen LogP) is 5.64. The van der Waals surface area contributed by atoms with E-state index in [1.54, 1.807) is 24.1 Å². The van der Waals surface area contributed by atoms with Crippen LogP contribution in [0.25, 0.3) is 22.0 Å². The van der Waals surface area contributed by atoms with Crippen LogP contribution in [-0.4, -0.2) is 70.4 Å². The van der Waals surface area contributed by atoms with Crippen LogP contribution >= 0.6 is 0 Å². The van der Waals surface area contributed by atoms with Crippen molar-refractivity contribution in [2.45, 2.75) is 39.5 Å². The maximum absolute atomic E-state index is 14.4. The van der Waals surface area contributed by atoms with Crippen molar-refractivity contribution < 1.29 is 24.2 Å². The van der Waals surface area contributed by atoms with Crippen LogP contribution in [0.1, 0.15) is 35.5 Å². The van der Waals surface area contributed by atoms with Gasteiger partial charge >= 0.3 is 6.09 Å². The molecule has 8 heteroatoms. The number of carbonyl (C=O) groups is 2. The number of para-hydroxylation sites is 1. The third-order valence-corrected chi connectivity index (χ3v) is 8.22. The number of amides is 2. The number of aryl methyl sites for hydroxylation is 2. The normalized spacial score (nSPS) is 18.1. The van der Waals surface area contributed by atoms with Crippen molar-refractivity contribution in [3.05, 3.63) is 89.6 Å². The zero-order valence-corrected chi connectivity index (χ0v) is 24.9. The van der Waals surface area contributed by atoms with E-state index < -0.39 is 18.2 Å². The van der Waals surface area contributed by atoms with Crippen molar-refractivity contribution in [2.75, 3.05) is 26.7 Å².